The number of benzene rings is 1. The minimum atomic E-state index is -0.149. The zero-order valence-electron chi connectivity index (χ0n) is 18.4. The van der Waals surface area contributed by atoms with Crippen LogP contribution in [0, 0.1) is 6.92 Å². The number of halogens is 1. The molecular weight excluding hydrogens is 440 g/mol. The van der Waals surface area contributed by atoms with Crippen molar-refractivity contribution >= 4 is 28.6 Å². The number of ether oxygens (including phenoxy) is 1. The molecule has 1 atom stereocenters. The fourth-order valence-electron chi connectivity index (χ4n) is 3.98. The van der Waals surface area contributed by atoms with Crippen LogP contribution in [0.3, 0.4) is 0 Å². The highest BCUT2D eigenvalue weighted by Gasteiger charge is 2.18. The normalized spacial score (nSPS) is 15.8. The number of aromatic nitrogens is 5. The van der Waals surface area contributed by atoms with Crippen molar-refractivity contribution in [2.45, 2.75) is 32.9 Å². The van der Waals surface area contributed by atoms with E-state index < -0.39 is 0 Å². The molecule has 1 fully saturated rings. The van der Waals surface area contributed by atoms with E-state index in [1.807, 2.05) is 32.0 Å². The Kier molecular flexibility index (Phi) is 5.78. The van der Waals surface area contributed by atoms with E-state index in [0.29, 0.717) is 40.9 Å². The van der Waals surface area contributed by atoms with Gasteiger partial charge in [-0.1, -0.05) is 23.7 Å². The number of hydrogen-bond donors (Lipinski definition) is 1. The minimum Gasteiger partial charge on any atom is -0.379 e. The van der Waals surface area contributed by atoms with E-state index in [1.165, 1.54) is 0 Å². The highest BCUT2D eigenvalue weighted by atomic mass is 35.5. The van der Waals surface area contributed by atoms with Gasteiger partial charge in [-0.15, -0.1) is 0 Å². The number of hydrogen-bond acceptors (Lipinski definition) is 7. The Balaban J connectivity index is 1.56. The zero-order valence-corrected chi connectivity index (χ0v) is 19.1. The Hall–Kier alpha value is -3.36. The van der Waals surface area contributed by atoms with Crippen molar-refractivity contribution in [3.05, 3.63) is 63.9 Å². The molecule has 0 aliphatic carbocycles. The number of anilines is 1. The third-order valence-electron chi connectivity index (χ3n) is 5.74. The van der Waals surface area contributed by atoms with Crippen molar-refractivity contribution in [2.75, 3.05) is 18.5 Å². The van der Waals surface area contributed by atoms with E-state index in [0.717, 1.165) is 35.4 Å². The Bertz CT molecular complexity index is 1380. The average Bonchev–Trinajstić information content (AvgIpc) is 3.32. The summed E-state index contributed by atoms with van der Waals surface area (Å²) in [5, 5.41) is 4.52. The van der Waals surface area contributed by atoms with Crippen molar-refractivity contribution in [3.63, 3.8) is 0 Å². The molecule has 4 heterocycles. The summed E-state index contributed by atoms with van der Waals surface area (Å²) in [6.45, 7) is 5.64. The Labute approximate surface area is 195 Å². The van der Waals surface area contributed by atoms with E-state index >= 15 is 0 Å². The second-order valence-corrected chi connectivity index (χ2v) is 8.43. The average molecular weight is 463 g/mol. The molecule has 4 aromatic rings. The molecule has 1 aromatic carbocycles. The highest BCUT2D eigenvalue weighted by Crippen LogP contribution is 2.31. The molecule has 5 rings (SSSR count). The van der Waals surface area contributed by atoms with Crippen LogP contribution in [-0.4, -0.2) is 43.8 Å². The molecule has 9 heteroatoms. The summed E-state index contributed by atoms with van der Waals surface area (Å²) in [4.78, 5) is 31.2. The van der Waals surface area contributed by atoms with Gasteiger partial charge in [0.05, 0.1) is 30.2 Å². The predicted octanol–water partition coefficient (Wildman–Crippen LogP) is 4.10. The van der Waals surface area contributed by atoms with Crippen molar-refractivity contribution in [2.24, 2.45) is 0 Å². The maximum absolute atomic E-state index is 13.4. The van der Waals surface area contributed by atoms with Gasteiger partial charge in [-0.3, -0.25) is 19.3 Å². The smallest absolute Gasteiger partial charge is 0.260 e. The molecule has 0 spiro atoms. The first-order chi connectivity index (χ1) is 16.0. The summed E-state index contributed by atoms with van der Waals surface area (Å²) in [6.07, 6.45) is 6.06. The molecular formula is C24H23ClN6O2. The molecule has 3 aromatic heterocycles. The largest absolute Gasteiger partial charge is 0.379 e. The third kappa shape index (κ3) is 4.19. The maximum Gasteiger partial charge on any atom is 0.260 e. The van der Waals surface area contributed by atoms with Crippen LogP contribution in [0.2, 0.25) is 5.02 Å². The molecule has 0 amide bonds. The Morgan fingerprint density at radius 1 is 1.15 bits per heavy atom. The Morgan fingerprint density at radius 2 is 2.03 bits per heavy atom. The topological polar surface area (TPSA) is 94.8 Å². The van der Waals surface area contributed by atoms with Crippen LogP contribution in [0.15, 0.2) is 47.7 Å². The van der Waals surface area contributed by atoms with Crippen molar-refractivity contribution in [1.29, 1.82) is 0 Å². The third-order valence-corrected chi connectivity index (χ3v) is 6.05. The lowest BCUT2D eigenvalue weighted by Gasteiger charge is -2.14. The SMILES string of the molecule is CCn1c(=O)c(-c2ccc(-c3cnc(C)cn3)cc2Cl)cc2cnc(N[C@@H]3CCOC3)nc21. The highest BCUT2D eigenvalue weighted by molar-refractivity contribution is 6.33. The zero-order chi connectivity index (χ0) is 22.9. The summed E-state index contributed by atoms with van der Waals surface area (Å²) >= 11 is 6.63. The first-order valence-electron chi connectivity index (χ1n) is 10.9. The minimum absolute atomic E-state index is 0.149. The molecule has 33 heavy (non-hydrogen) atoms. The Morgan fingerprint density at radius 3 is 2.73 bits per heavy atom. The number of fused-ring (bicyclic) bond motifs is 1. The van der Waals surface area contributed by atoms with Gasteiger partial charge in [0.15, 0.2) is 0 Å². The number of pyridine rings is 1. The summed E-state index contributed by atoms with van der Waals surface area (Å²) in [5.74, 6) is 0.494. The lowest BCUT2D eigenvalue weighted by atomic mass is 10.0. The van der Waals surface area contributed by atoms with E-state index in [9.17, 15) is 4.79 Å². The molecule has 168 valence electrons. The van der Waals surface area contributed by atoms with Crippen LogP contribution in [0.5, 0.6) is 0 Å². The van der Waals surface area contributed by atoms with E-state index in [1.54, 1.807) is 29.2 Å². The second-order valence-electron chi connectivity index (χ2n) is 8.02. The first-order valence-corrected chi connectivity index (χ1v) is 11.2. The van der Waals surface area contributed by atoms with Crippen molar-refractivity contribution in [3.8, 4) is 22.4 Å². The fraction of sp³-hybridized carbons (Fsp3) is 0.292. The molecule has 0 unspecified atom stereocenters. The van der Waals surface area contributed by atoms with Crippen LogP contribution in [0.25, 0.3) is 33.4 Å². The van der Waals surface area contributed by atoms with Gasteiger partial charge in [0, 0.05) is 52.6 Å². The van der Waals surface area contributed by atoms with Crippen LogP contribution >= 0.6 is 11.6 Å². The quantitative estimate of drug-likeness (QED) is 0.477. The summed E-state index contributed by atoms with van der Waals surface area (Å²) in [7, 11) is 0. The standard InChI is InChI=1S/C24H23ClN6O2/c1-3-31-22-16(11-28-24(30-22)29-17-6-7-33-13-17)8-19(23(31)32)18-5-4-15(9-20(18)25)21-12-26-14(2)10-27-21/h4-5,8-12,17H,3,6-7,13H2,1-2H3,(H,28,29,30)/t17-/m1/s1. The van der Waals surface area contributed by atoms with Gasteiger partial charge in [0.1, 0.15) is 5.65 Å². The van der Waals surface area contributed by atoms with Gasteiger partial charge in [-0.2, -0.15) is 4.98 Å². The predicted molar refractivity (Wildman–Crippen MR) is 129 cm³/mol. The molecule has 0 saturated carbocycles. The van der Waals surface area contributed by atoms with Crippen molar-refractivity contribution < 1.29 is 4.74 Å². The van der Waals surface area contributed by atoms with Crippen LogP contribution < -0.4 is 10.9 Å². The lowest BCUT2D eigenvalue weighted by Crippen LogP contribution is -2.24. The molecule has 1 saturated heterocycles. The van der Waals surface area contributed by atoms with Gasteiger partial charge in [0.25, 0.3) is 5.56 Å². The molecule has 1 aliphatic heterocycles. The molecule has 8 nitrogen and oxygen atoms in total. The van der Waals surface area contributed by atoms with Crippen LogP contribution in [0.4, 0.5) is 5.95 Å². The molecule has 0 bridgehead atoms. The number of nitrogens with zero attached hydrogens (tertiary/aromatic N) is 5. The van der Waals surface area contributed by atoms with E-state index in [4.69, 9.17) is 16.3 Å². The first kappa shape index (κ1) is 21.5. The van der Waals surface area contributed by atoms with E-state index in [2.05, 4.69) is 25.3 Å². The number of aryl methyl sites for hydroxylation is 2. The van der Waals surface area contributed by atoms with Gasteiger partial charge < -0.3 is 10.1 Å². The van der Waals surface area contributed by atoms with Gasteiger partial charge in [0.2, 0.25) is 5.95 Å². The monoisotopic (exact) mass is 462 g/mol. The van der Waals surface area contributed by atoms with Gasteiger partial charge >= 0.3 is 0 Å². The second kappa shape index (κ2) is 8.88. The number of nitrogens with one attached hydrogen (secondary N) is 1. The molecule has 1 aliphatic rings. The van der Waals surface area contributed by atoms with Crippen molar-refractivity contribution in [1.82, 2.24) is 24.5 Å². The van der Waals surface area contributed by atoms with Crippen LogP contribution in [-0.2, 0) is 11.3 Å². The lowest BCUT2D eigenvalue weighted by molar-refractivity contribution is 0.195. The van der Waals surface area contributed by atoms with Gasteiger partial charge in [-0.25, -0.2) is 4.98 Å². The number of rotatable bonds is 5. The summed E-state index contributed by atoms with van der Waals surface area (Å²) < 4.78 is 7.06. The summed E-state index contributed by atoms with van der Waals surface area (Å²) in [6, 6.07) is 7.54. The van der Waals surface area contributed by atoms with Gasteiger partial charge in [-0.05, 0) is 32.4 Å². The molecule has 0 radical (unpaired) electrons. The summed E-state index contributed by atoms with van der Waals surface area (Å²) in [5.41, 5.74) is 4.00. The maximum atomic E-state index is 13.4. The molecule has 1 N–H and O–H groups in total. The van der Waals surface area contributed by atoms with E-state index in [-0.39, 0.29) is 11.6 Å². The fourth-order valence-corrected chi connectivity index (χ4v) is 4.26. The van der Waals surface area contributed by atoms with Crippen LogP contribution in [0.1, 0.15) is 19.0 Å².